The average molecular weight is 312 g/mol. The van der Waals surface area contributed by atoms with Crippen LogP contribution in [-0.2, 0) is 11.2 Å². The molecule has 0 spiro atoms. The first-order valence-corrected chi connectivity index (χ1v) is 7.65. The van der Waals surface area contributed by atoms with Gasteiger partial charge in [0.05, 0.1) is 19.8 Å². The summed E-state index contributed by atoms with van der Waals surface area (Å²) in [4.78, 5) is 11.6. The Morgan fingerprint density at radius 3 is 2.70 bits per heavy atom. The molecule has 0 saturated carbocycles. The van der Waals surface area contributed by atoms with E-state index < -0.39 is 0 Å². The van der Waals surface area contributed by atoms with Crippen molar-refractivity contribution in [1.29, 1.82) is 0 Å². The van der Waals surface area contributed by atoms with Gasteiger partial charge in [-0.1, -0.05) is 6.07 Å². The van der Waals surface area contributed by atoms with Crippen LogP contribution in [-0.4, -0.2) is 20.2 Å². The molecule has 0 fully saturated rings. The number of ether oxygens (including phenoxy) is 3. The number of aryl methyl sites for hydroxylation is 2. The molecule has 3 rings (SSSR count). The summed E-state index contributed by atoms with van der Waals surface area (Å²) in [6, 6.07) is 11.5. The highest BCUT2D eigenvalue weighted by Gasteiger charge is 2.23. The third-order valence-corrected chi connectivity index (χ3v) is 4.25. The van der Waals surface area contributed by atoms with Crippen molar-refractivity contribution in [2.75, 3.05) is 14.2 Å². The van der Waals surface area contributed by atoms with Crippen molar-refractivity contribution in [3.05, 3.63) is 58.7 Å². The van der Waals surface area contributed by atoms with Gasteiger partial charge >= 0.3 is 5.97 Å². The molecule has 0 saturated heterocycles. The molecule has 1 atom stereocenters. The summed E-state index contributed by atoms with van der Waals surface area (Å²) in [7, 11) is 3.06. The second-order valence-corrected chi connectivity index (χ2v) is 5.68. The molecule has 1 aliphatic rings. The van der Waals surface area contributed by atoms with Crippen molar-refractivity contribution in [2.45, 2.75) is 25.9 Å². The standard InChI is InChI=1S/C19H20O4/c1-12-10-15(21-2)6-7-16(12)18-9-4-13-11-14(19(20)22-3)5-8-17(13)23-18/h5-8,10-11,18H,4,9H2,1-3H3. The molecule has 23 heavy (non-hydrogen) atoms. The van der Waals surface area contributed by atoms with Crippen molar-refractivity contribution in [1.82, 2.24) is 0 Å². The highest BCUT2D eigenvalue weighted by atomic mass is 16.5. The molecule has 0 radical (unpaired) electrons. The van der Waals surface area contributed by atoms with Crippen molar-refractivity contribution in [3.63, 3.8) is 0 Å². The van der Waals surface area contributed by atoms with Crippen LogP contribution in [0.15, 0.2) is 36.4 Å². The van der Waals surface area contributed by atoms with Gasteiger partial charge in [0, 0.05) is 0 Å². The van der Waals surface area contributed by atoms with Crippen molar-refractivity contribution < 1.29 is 19.0 Å². The van der Waals surface area contributed by atoms with Crippen LogP contribution >= 0.6 is 0 Å². The van der Waals surface area contributed by atoms with Crippen molar-refractivity contribution >= 4 is 5.97 Å². The SMILES string of the molecule is COC(=O)c1ccc2c(c1)CCC(c1ccc(OC)cc1C)O2. The van der Waals surface area contributed by atoms with E-state index in [0.29, 0.717) is 5.56 Å². The number of benzene rings is 2. The van der Waals surface area contributed by atoms with Crippen molar-refractivity contribution in [3.8, 4) is 11.5 Å². The summed E-state index contributed by atoms with van der Waals surface area (Å²) in [6.07, 6.45) is 1.78. The van der Waals surface area contributed by atoms with Gasteiger partial charge in [0.1, 0.15) is 17.6 Å². The maximum atomic E-state index is 11.6. The lowest BCUT2D eigenvalue weighted by Crippen LogP contribution is -2.17. The molecule has 1 heterocycles. The lowest BCUT2D eigenvalue weighted by molar-refractivity contribution is 0.0600. The van der Waals surface area contributed by atoms with E-state index in [1.54, 1.807) is 13.2 Å². The van der Waals surface area contributed by atoms with Crippen LogP contribution < -0.4 is 9.47 Å². The minimum Gasteiger partial charge on any atom is -0.497 e. The van der Waals surface area contributed by atoms with Gasteiger partial charge in [-0.05, 0) is 66.8 Å². The Morgan fingerprint density at radius 1 is 1.17 bits per heavy atom. The minimum absolute atomic E-state index is 0.0254. The molecular formula is C19H20O4. The van der Waals surface area contributed by atoms with E-state index in [1.807, 2.05) is 24.3 Å². The van der Waals surface area contributed by atoms with Crippen LogP contribution in [0.5, 0.6) is 11.5 Å². The van der Waals surface area contributed by atoms with E-state index in [4.69, 9.17) is 14.2 Å². The minimum atomic E-state index is -0.319. The fourth-order valence-electron chi connectivity index (χ4n) is 2.99. The molecule has 0 amide bonds. The zero-order chi connectivity index (χ0) is 16.4. The summed E-state index contributed by atoms with van der Waals surface area (Å²) in [5, 5.41) is 0. The third kappa shape index (κ3) is 3.02. The molecule has 0 N–H and O–H groups in total. The quantitative estimate of drug-likeness (QED) is 0.807. The molecule has 4 heteroatoms. The van der Waals surface area contributed by atoms with Crippen LogP contribution in [0.4, 0.5) is 0 Å². The second-order valence-electron chi connectivity index (χ2n) is 5.68. The number of methoxy groups -OCH3 is 2. The fraction of sp³-hybridized carbons (Fsp3) is 0.316. The fourth-order valence-corrected chi connectivity index (χ4v) is 2.99. The largest absolute Gasteiger partial charge is 0.497 e. The number of esters is 1. The van der Waals surface area contributed by atoms with E-state index in [2.05, 4.69) is 13.0 Å². The van der Waals surface area contributed by atoms with Gasteiger partial charge in [0.2, 0.25) is 0 Å². The Labute approximate surface area is 136 Å². The Bertz CT molecular complexity index is 736. The summed E-state index contributed by atoms with van der Waals surface area (Å²) >= 11 is 0. The maximum absolute atomic E-state index is 11.6. The van der Waals surface area contributed by atoms with Crippen LogP contribution in [0, 0.1) is 6.92 Å². The number of hydrogen-bond donors (Lipinski definition) is 0. The molecule has 2 aromatic rings. The number of carbonyl (C=O) groups excluding carboxylic acids is 1. The molecule has 1 aliphatic heterocycles. The molecule has 1 unspecified atom stereocenters. The summed E-state index contributed by atoms with van der Waals surface area (Å²) in [5.41, 5.74) is 3.95. The first kappa shape index (κ1) is 15.4. The zero-order valence-corrected chi connectivity index (χ0v) is 13.6. The molecule has 0 bridgehead atoms. The predicted octanol–water partition coefficient (Wildman–Crippen LogP) is 3.86. The Kier molecular flexibility index (Phi) is 4.24. The van der Waals surface area contributed by atoms with Gasteiger partial charge in [-0.15, -0.1) is 0 Å². The summed E-state index contributed by atoms with van der Waals surface area (Å²) < 4.78 is 16.2. The number of hydrogen-bond acceptors (Lipinski definition) is 4. The molecule has 120 valence electrons. The normalized spacial score (nSPS) is 16.2. The molecular weight excluding hydrogens is 292 g/mol. The smallest absolute Gasteiger partial charge is 0.337 e. The Hall–Kier alpha value is -2.49. The highest BCUT2D eigenvalue weighted by molar-refractivity contribution is 5.89. The molecule has 4 nitrogen and oxygen atoms in total. The predicted molar refractivity (Wildman–Crippen MR) is 87.2 cm³/mol. The van der Waals surface area contributed by atoms with Crippen LogP contribution in [0.3, 0.4) is 0 Å². The monoisotopic (exact) mass is 312 g/mol. The number of rotatable bonds is 3. The van der Waals surface area contributed by atoms with Gasteiger partial charge in [0.15, 0.2) is 0 Å². The topological polar surface area (TPSA) is 44.8 Å². The summed E-state index contributed by atoms with van der Waals surface area (Å²) in [5.74, 6) is 1.37. The van der Waals surface area contributed by atoms with Crippen LogP contribution in [0.1, 0.15) is 39.6 Å². The molecule has 0 aromatic heterocycles. The number of fused-ring (bicyclic) bond motifs is 1. The highest BCUT2D eigenvalue weighted by Crippen LogP contribution is 2.37. The lowest BCUT2D eigenvalue weighted by atomic mass is 9.94. The summed E-state index contributed by atoms with van der Waals surface area (Å²) in [6.45, 7) is 2.07. The molecule has 2 aromatic carbocycles. The van der Waals surface area contributed by atoms with E-state index in [9.17, 15) is 4.79 Å². The molecule has 0 aliphatic carbocycles. The third-order valence-electron chi connectivity index (χ3n) is 4.25. The average Bonchev–Trinajstić information content (AvgIpc) is 2.60. The van der Waals surface area contributed by atoms with Crippen LogP contribution in [0.2, 0.25) is 0 Å². The lowest BCUT2D eigenvalue weighted by Gasteiger charge is -2.28. The first-order valence-electron chi connectivity index (χ1n) is 7.65. The van der Waals surface area contributed by atoms with E-state index in [-0.39, 0.29) is 12.1 Å². The van der Waals surface area contributed by atoms with Gasteiger partial charge in [0.25, 0.3) is 0 Å². The van der Waals surface area contributed by atoms with Crippen molar-refractivity contribution in [2.24, 2.45) is 0 Å². The first-order chi connectivity index (χ1) is 11.1. The van der Waals surface area contributed by atoms with E-state index >= 15 is 0 Å². The Morgan fingerprint density at radius 2 is 2.00 bits per heavy atom. The van der Waals surface area contributed by atoms with Crippen LogP contribution in [0.25, 0.3) is 0 Å². The van der Waals surface area contributed by atoms with Gasteiger partial charge in [-0.25, -0.2) is 4.79 Å². The van der Waals surface area contributed by atoms with Gasteiger partial charge in [-0.2, -0.15) is 0 Å². The maximum Gasteiger partial charge on any atom is 0.337 e. The second kappa shape index (κ2) is 6.32. The number of carbonyl (C=O) groups is 1. The van der Waals surface area contributed by atoms with Gasteiger partial charge in [-0.3, -0.25) is 0 Å². The Balaban J connectivity index is 1.84. The van der Waals surface area contributed by atoms with E-state index in [1.165, 1.54) is 12.7 Å². The van der Waals surface area contributed by atoms with Gasteiger partial charge < -0.3 is 14.2 Å². The zero-order valence-electron chi connectivity index (χ0n) is 13.6. The van der Waals surface area contributed by atoms with E-state index in [0.717, 1.165) is 35.5 Å².